The van der Waals surface area contributed by atoms with Crippen LogP contribution in [0, 0.1) is 6.92 Å². The molecule has 98 valence electrons. The summed E-state index contributed by atoms with van der Waals surface area (Å²) in [5, 5.41) is 3.34. The SMILES string of the molecule is Cc1cccc(CNc2ccc(C3CC3N)cn2)c1. The summed E-state index contributed by atoms with van der Waals surface area (Å²) in [6.45, 7) is 2.91. The molecule has 2 unspecified atom stereocenters. The van der Waals surface area contributed by atoms with Gasteiger partial charge in [-0.1, -0.05) is 35.9 Å². The highest BCUT2D eigenvalue weighted by Crippen LogP contribution is 2.38. The van der Waals surface area contributed by atoms with Gasteiger partial charge in [-0.3, -0.25) is 0 Å². The first-order valence-corrected chi connectivity index (χ1v) is 6.73. The van der Waals surface area contributed by atoms with Gasteiger partial charge in [0, 0.05) is 24.7 Å². The summed E-state index contributed by atoms with van der Waals surface area (Å²) in [6, 6.07) is 13.0. The lowest BCUT2D eigenvalue weighted by Crippen LogP contribution is -2.03. The lowest BCUT2D eigenvalue weighted by atomic mass is 10.1. The third-order valence-corrected chi connectivity index (χ3v) is 3.61. The number of nitrogens with zero attached hydrogens (tertiary/aromatic N) is 1. The fourth-order valence-corrected chi connectivity index (χ4v) is 2.34. The first-order chi connectivity index (χ1) is 9.22. The maximum absolute atomic E-state index is 5.84. The second-order valence-corrected chi connectivity index (χ2v) is 5.33. The molecule has 3 rings (SSSR count). The molecule has 1 aromatic carbocycles. The normalized spacial score (nSPS) is 21.2. The quantitative estimate of drug-likeness (QED) is 0.881. The Bertz CT molecular complexity index is 562. The van der Waals surface area contributed by atoms with E-state index in [9.17, 15) is 0 Å². The first kappa shape index (κ1) is 12.2. The number of nitrogens with two attached hydrogens (primary N) is 1. The number of nitrogens with one attached hydrogen (secondary N) is 1. The standard InChI is InChI=1S/C16H19N3/c1-11-3-2-4-12(7-11)9-18-16-6-5-13(10-19-16)14-8-15(14)17/h2-7,10,14-15H,8-9,17H2,1H3,(H,18,19). The molecule has 1 fully saturated rings. The molecule has 19 heavy (non-hydrogen) atoms. The van der Waals surface area contributed by atoms with E-state index in [0.717, 1.165) is 18.8 Å². The van der Waals surface area contributed by atoms with Crippen LogP contribution in [-0.4, -0.2) is 11.0 Å². The van der Waals surface area contributed by atoms with E-state index in [1.165, 1.54) is 16.7 Å². The minimum Gasteiger partial charge on any atom is -0.366 e. The summed E-state index contributed by atoms with van der Waals surface area (Å²) in [5.74, 6) is 1.44. The Balaban J connectivity index is 1.61. The van der Waals surface area contributed by atoms with Gasteiger partial charge in [0.25, 0.3) is 0 Å². The molecule has 1 aliphatic carbocycles. The number of hydrogen-bond acceptors (Lipinski definition) is 3. The van der Waals surface area contributed by atoms with Crippen molar-refractivity contribution in [1.82, 2.24) is 4.98 Å². The van der Waals surface area contributed by atoms with Gasteiger partial charge in [0.05, 0.1) is 0 Å². The second kappa shape index (κ2) is 5.02. The van der Waals surface area contributed by atoms with Crippen LogP contribution in [0.1, 0.15) is 29.0 Å². The van der Waals surface area contributed by atoms with Crippen LogP contribution in [0.25, 0.3) is 0 Å². The van der Waals surface area contributed by atoms with E-state index in [2.05, 4.69) is 47.6 Å². The lowest BCUT2D eigenvalue weighted by molar-refractivity contribution is 0.978. The molecule has 3 N–H and O–H groups in total. The first-order valence-electron chi connectivity index (χ1n) is 6.73. The van der Waals surface area contributed by atoms with Crippen LogP contribution in [0.5, 0.6) is 0 Å². The largest absolute Gasteiger partial charge is 0.366 e. The fourth-order valence-electron chi connectivity index (χ4n) is 2.34. The van der Waals surface area contributed by atoms with Crippen molar-refractivity contribution in [3.63, 3.8) is 0 Å². The van der Waals surface area contributed by atoms with E-state index >= 15 is 0 Å². The molecule has 1 heterocycles. The lowest BCUT2D eigenvalue weighted by Gasteiger charge is -2.07. The monoisotopic (exact) mass is 253 g/mol. The zero-order chi connectivity index (χ0) is 13.2. The van der Waals surface area contributed by atoms with E-state index in [0.29, 0.717) is 12.0 Å². The van der Waals surface area contributed by atoms with Crippen LogP contribution in [-0.2, 0) is 6.54 Å². The van der Waals surface area contributed by atoms with E-state index in [4.69, 9.17) is 5.73 Å². The van der Waals surface area contributed by atoms with E-state index in [1.807, 2.05) is 12.3 Å². The van der Waals surface area contributed by atoms with Crippen molar-refractivity contribution >= 4 is 5.82 Å². The molecule has 2 atom stereocenters. The predicted octanol–water partition coefficient (Wildman–Crippen LogP) is 2.82. The molecule has 0 amide bonds. The highest BCUT2D eigenvalue weighted by Gasteiger charge is 2.34. The Kier molecular flexibility index (Phi) is 3.22. The molecule has 3 heteroatoms. The van der Waals surface area contributed by atoms with Gasteiger partial charge in [-0.05, 0) is 30.5 Å². The second-order valence-electron chi connectivity index (χ2n) is 5.33. The molecule has 3 nitrogen and oxygen atoms in total. The molecule has 1 saturated carbocycles. The molecule has 0 radical (unpaired) electrons. The van der Waals surface area contributed by atoms with Gasteiger partial charge in [0.15, 0.2) is 0 Å². The third-order valence-electron chi connectivity index (χ3n) is 3.61. The van der Waals surface area contributed by atoms with Crippen molar-refractivity contribution < 1.29 is 0 Å². The maximum atomic E-state index is 5.84. The summed E-state index contributed by atoms with van der Waals surface area (Å²) in [6.07, 6.45) is 3.04. The molecule has 0 bridgehead atoms. The summed E-state index contributed by atoms with van der Waals surface area (Å²) in [4.78, 5) is 4.45. The molecular weight excluding hydrogens is 234 g/mol. The van der Waals surface area contributed by atoms with Crippen molar-refractivity contribution in [1.29, 1.82) is 0 Å². The van der Waals surface area contributed by atoms with Crippen LogP contribution in [0.3, 0.4) is 0 Å². The number of pyridine rings is 1. The maximum Gasteiger partial charge on any atom is 0.126 e. The number of rotatable bonds is 4. The molecule has 0 saturated heterocycles. The number of benzene rings is 1. The van der Waals surface area contributed by atoms with Gasteiger partial charge in [-0.15, -0.1) is 0 Å². The summed E-state index contributed by atoms with van der Waals surface area (Å²) in [7, 11) is 0. The van der Waals surface area contributed by atoms with Crippen molar-refractivity contribution in [2.45, 2.75) is 31.8 Å². The van der Waals surface area contributed by atoms with Crippen LogP contribution in [0.4, 0.5) is 5.82 Å². The molecule has 0 aliphatic heterocycles. The zero-order valence-corrected chi connectivity index (χ0v) is 11.1. The topological polar surface area (TPSA) is 50.9 Å². The number of hydrogen-bond donors (Lipinski definition) is 2. The molecule has 1 aliphatic rings. The number of anilines is 1. The Morgan fingerprint density at radius 1 is 1.32 bits per heavy atom. The smallest absolute Gasteiger partial charge is 0.126 e. The van der Waals surface area contributed by atoms with Crippen molar-refractivity contribution in [3.05, 3.63) is 59.3 Å². The van der Waals surface area contributed by atoms with Gasteiger partial charge in [-0.25, -0.2) is 4.98 Å². The summed E-state index contributed by atoms with van der Waals surface area (Å²) in [5.41, 5.74) is 9.66. The van der Waals surface area contributed by atoms with E-state index in [-0.39, 0.29) is 0 Å². The minimum absolute atomic E-state index is 0.341. The average molecular weight is 253 g/mol. The Morgan fingerprint density at radius 2 is 2.16 bits per heavy atom. The predicted molar refractivity (Wildman–Crippen MR) is 78.1 cm³/mol. The summed E-state index contributed by atoms with van der Waals surface area (Å²) >= 11 is 0. The van der Waals surface area contributed by atoms with Crippen LogP contribution in [0.2, 0.25) is 0 Å². The highest BCUT2D eigenvalue weighted by molar-refractivity contribution is 5.39. The van der Waals surface area contributed by atoms with Gasteiger partial charge >= 0.3 is 0 Å². The van der Waals surface area contributed by atoms with E-state index < -0.39 is 0 Å². The van der Waals surface area contributed by atoms with Gasteiger partial charge in [0.2, 0.25) is 0 Å². The van der Waals surface area contributed by atoms with Crippen molar-refractivity contribution in [2.75, 3.05) is 5.32 Å². The highest BCUT2D eigenvalue weighted by atomic mass is 15.0. The van der Waals surface area contributed by atoms with Crippen LogP contribution in [0.15, 0.2) is 42.6 Å². The molecule has 0 spiro atoms. The van der Waals surface area contributed by atoms with E-state index in [1.54, 1.807) is 0 Å². The number of aromatic nitrogens is 1. The summed E-state index contributed by atoms with van der Waals surface area (Å²) < 4.78 is 0. The van der Waals surface area contributed by atoms with Crippen LogP contribution >= 0.6 is 0 Å². The van der Waals surface area contributed by atoms with Crippen LogP contribution < -0.4 is 11.1 Å². The van der Waals surface area contributed by atoms with Crippen molar-refractivity contribution in [3.8, 4) is 0 Å². The average Bonchev–Trinajstić information content (AvgIpc) is 3.14. The van der Waals surface area contributed by atoms with Gasteiger partial charge in [-0.2, -0.15) is 0 Å². The van der Waals surface area contributed by atoms with Gasteiger partial charge in [0.1, 0.15) is 5.82 Å². The molecule has 2 aromatic rings. The fraction of sp³-hybridized carbons (Fsp3) is 0.312. The molecule has 1 aromatic heterocycles. The molecular formula is C16H19N3. The van der Waals surface area contributed by atoms with Crippen molar-refractivity contribution in [2.24, 2.45) is 5.73 Å². The van der Waals surface area contributed by atoms with Gasteiger partial charge < -0.3 is 11.1 Å². The third kappa shape index (κ3) is 2.93. The Morgan fingerprint density at radius 3 is 2.79 bits per heavy atom. The zero-order valence-electron chi connectivity index (χ0n) is 11.1. The Labute approximate surface area is 113 Å². The Hall–Kier alpha value is -1.87. The minimum atomic E-state index is 0.341. The number of aryl methyl sites for hydroxylation is 1.